The molecule has 0 bridgehead atoms. The summed E-state index contributed by atoms with van der Waals surface area (Å²) in [5.41, 5.74) is 1.01. The number of carbonyl (C=O) groups is 1. The molecule has 0 spiro atoms. The van der Waals surface area contributed by atoms with E-state index in [1.165, 1.54) is 10.7 Å². The fraction of sp³-hybridized carbons (Fsp3) is 0.222. The molecule has 1 atom stereocenters. The van der Waals surface area contributed by atoms with Gasteiger partial charge in [-0.1, -0.05) is 6.07 Å². The van der Waals surface area contributed by atoms with Gasteiger partial charge in [-0.2, -0.15) is 10.2 Å². The number of hydrogen-bond donors (Lipinski definition) is 1. The van der Waals surface area contributed by atoms with Crippen LogP contribution in [0.15, 0.2) is 41.5 Å². The first-order valence-electron chi connectivity index (χ1n) is 7.95. The fourth-order valence-electron chi connectivity index (χ4n) is 2.53. The first-order chi connectivity index (χ1) is 12.4. The molecule has 2 heterocycles. The summed E-state index contributed by atoms with van der Waals surface area (Å²) in [4.78, 5) is 24.3. The van der Waals surface area contributed by atoms with Gasteiger partial charge in [0.05, 0.1) is 5.69 Å². The van der Waals surface area contributed by atoms with E-state index in [2.05, 4.69) is 15.3 Å². The van der Waals surface area contributed by atoms with E-state index >= 15 is 0 Å². The number of ether oxygens (including phenoxy) is 1. The minimum absolute atomic E-state index is 0.0991. The summed E-state index contributed by atoms with van der Waals surface area (Å²) >= 11 is 0. The number of esters is 1. The lowest BCUT2D eigenvalue weighted by molar-refractivity contribution is 0.0333. The van der Waals surface area contributed by atoms with Crippen LogP contribution in [0.25, 0.3) is 5.69 Å². The highest BCUT2D eigenvalue weighted by Gasteiger charge is 2.21. The molecule has 0 aliphatic rings. The Labute approximate surface area is 148 Å². The number of rotatable bonds is 4. The molecule has 3 aromatic rings. The van der Waals surface area contributed by atoms with Crippen molar-refractivity contribution in [1.29, 1.82) is 0 Å². The van der Waals surface area contributed by atoms with Crippen LogP contribution in [-0.4, -0.2) is 25.9 Å². The topological polar surface area (TPSA) is 89.9 Å². The molecular formula is C18H17FN4O3. The molecule has 3 rings (SSSR count). The van der Waals surface area contributed by atoms with E-state index in [-0.39, 0.29) is 11.3 Å². The quantitative estimate of drug-likeness (QED) is 0.726. The molecule has 0 aliphatic heterocycles. The molecule has 0 aliphatic carbocycles. The highest BCUT2D eigenvalue weighted by molar-refractivity contribution is 5.90. The normalized spacial score (nSPS) is 12.0. The third-order valence-electron chi connectivity index (χ3n) is 4.15. The van der Waals surface area contributed by atoms with E-state index in [0.717, 1.165) is 0 Å². The first kappa shape index (κ1) is 17.5. The van der Waals surface area contributed by atoms with Crippen molar-refractivity contribution in [1.82, 2.24) is 20.0 Å². The predicted octanol–water partition coefficient (Wildman–Crippen LogP) is 2.63. The zero-order chi connectivity index (χ0) is 18.8. The molecule has 0 fully saturated rings. The minimum Gasteiger partial charge on any atom is -0.454 e. The third-order valence-corrected chi connectivity index (χ3v) is 4.15. The second kappa shape index (κ2) is 6.91. The Bertz CT molecular complexity index is 1010. The number of aromatic amines is 1. The zero-order valence-electron chi connectivity index (χ0n) is 14.5. The molecule has 1 N–H and O–H groups in total. The highest BCUT2D eigenvalue weighted by Crippen LogP contribution is 2.23. The molecule has 8 heteroatoms. The van der Waals surface area contributed by atoms with Gasteiger partial charge in [-0.05, 0) is 50.1 Å². The van der Waals surface area contributed by atoms with Crippen LogP contribution in [0.3, 0.4) is 0 Å². The average molecular weight is 356 g/mol. The largest absolute Gasteiger partial charge is 0.454 e. The second-order valence-corrected chi connectivity index (χ2v) is 5.85. The van der Waals surface area contributed by atoms with Gasteiger partial charge < -0.3 is 4.74 Å². The molecule has 7 nitrogen and oxygen atoms in total. The lowest BCUT2D eigenvalue weighted by Gasteiger charge is -2.15. The Hall–Kier alpha value is -3.29. The number of nitrogens with one attached hydrogen (secondary N) is 1. The molecule has 2 aromatic heterocycles. The molecule has 0 unspecified atom stereocenters. The van der Waals surface area contributed by atoms with Crippen LogP contribution in [0, 0.1) is 19.7 Å². The minimum atomic E-state index is -0.779. The van der Waals surface area contributed by atoms with Crippen LogP contribution in [-0.2, 0) is 4.74 Å². The van der Waals surface area contributed by atoms with Gasteiger partial charge in [0, 0.05) is 12.4 Å². The summed E-state index contributed by atoms with van der Waals surface area (Å²) < 4.78 is 21.1. The molecule has 134 valence electrons. The molecule has 0 amide bonds. The molecule has 0 radical (unpaired) electrons. The van der Waals surface area contributed by atoms with E-state index in [1.807, 2.05) is 0 Å². The summed E-state index contributed by atoms with van der Waals surface area (Å²) in [6.07, 6.45) is 2.44. The lowest BCUT2D eigenvalue weighted by atomic mass is 10.1. The van der Waals surface area contributed by atoms with Gasteiger partial charge in [-0.15, -0.1) is 0 Å². The maximum absolute atomic E-state index is 14.4. The van der Waals surface area contributed by atoms with Gasteiger partial charge in [0.25, 0.3) is 5.56 Å². The molecule has 26 heavy (non-hydrogen) atoms. The van der Waals surface area contributed by atoms with Crippen LogP contribution in [0.5, 0.6) is 0 Å². The maximum Gasteiger partial charge on any atom is 0.344 e. The summed E-state index contributed by atoms with van der Waals surface area (Å²) in [6, 6.07) is 6.17. The van der Waals surface area contributed by atoms with Crippen molar-refractivity contribution in [3.8, 4) is 5.69 Å². The van der Waals surface area contributed by atoms with Crippen LogP contribution in [0.4, 0.5) is 4.39 Å². The summed E-state index contributed by atoms with van der Waals surface area (Å²) in [5.74, 6) is -1.28. The number of hydrogen-bond acceptors (Lipinski definition) is 5. The van der Waals surface area contributed by atoms with Crippen LogP contribution in [0.2, 0.25) is 0 Å². The number of halogens is 1. The monoisotopic (exact) mass is 356 g/mol. The lowest BCUT2D eigenvalue weighted by Crippen LogP contribution is -2.24. The van der Waals surface area contributed by atoms with Crippen LogP contribution >= 0.6 is 0 Å². The van der Waals surface area contributed by atoms with Crippen molar-refractivity contribution in [3.05, 3.63) is 75.2 Å². The van der Waals surface area contributed by atoms with E-state index in [4.69, 9.17) is 4.74 Å². The number of aryl methyl sites for hydroxylation is 1. The summed E-state index contributed by atoms with van der Waals surface area (Å²) in [6.45, 7) is 4.91. The third kappa shape index (κ3) is 3.26. The van der Waals surface area contributed by atoms with Crippen molar-refractivity contribution < 1.29 is 13.9 Å². The van der Waals surface area contributed by atoms with Crippen molar-refractivity contribution in [3.63, 3.8) is 0 Å². The summed E-state index contributed by atoms with van der Waals surface area (Å²) in [5, 5.41) is 10.0. The number of carbonyl (C=O) groups excluding carboxylic acids is 1. The van der Waals surface area contributed by atoms with Crippen molar-refractivity contribution in [2.75, 3.05) is 0 Å². The summed E-state index contributed by atoms with van der Waals surface area (Å²) in [7, 11) is 0. The second-order valence-electron chi connectivity index (χ2n) is 5.85. The fourth-order valence-corrected chi connectivity index (χ4v) is 2.53. The highest BCUT2D eigenvalue weighted by atomic mass is 19.1. The SMILES string of the molecule is Cc1n[nH]c(=O)c(C(=O)O[C@H](C)c2ccc(-n3cccn3)c(F)c2)c1C. The smallest absolute Gasteiger partial charge is 0.344 e. The van der Waals surface area contributed by atoms with Gasteiger partial charge in [0.15, 0.2) is 0 Å². The number of benzene rings is 1. The number of nitrogens with zero attached hydrogens (tertiary/aromatic N) is 3. The molecular weight excluding hydrogens is 339 g/mol. The number of aromatic nitrogens is 4. The van der Waals surface area contributed by atoms with Gasteiger partial charge in [0.2, 0.25) is 0 Å². The van der Waals surface area contributed by atoms with E-state index in [1.54, 1.807) is 51.4 Å². The number of H-pyrrole nitrogens is 1. The molecule has 1 aromatic carbocycles. The van der Waals surface area contributed by atoms with Crippen LogP contribution < -0.4 is 5.56 Å². The van der Waals surface area contributed by atoms with Gasteiger partial charge in [-0.3, -0.25) is 4.79 Å². The Morgan fingerprint density at radius 2 is 2.12 bits per heavy atom. The standard InChI is InChI=1S/C18H17FN4O3/c1-10-11(2)21-22-17(24)16(10)18(25)26-12(3)13-5-6-15(14(19)9-13)23-8-4-7-20-23/h4-9,12H,1-3H3,(H,22,24)/t12-/m1/s1. The molecule has 0 saturated carbocycles. The Morgan fingerprint density at radius 3 is 2.77 bits per heavy atom. The average Bonchev–Trinajstić information content (AvgIpc) is 3.12. The van der Waals surface area contributed by atoms with Crippen LogP contribution in [0.1, 0.15) is 40.2 Å². The Kier molecular flexibility index (Phi) is 4.66. The molecule has 0 saturated heterocycles. The zero-order valence-corrected chi connectivity index (χ0v) is 14.5. The Balaban J connectivity index is 1.84. The first-order valence-corrected chi connectivity index (χ1v) is 7.95. The van der Waals surface area contributed by atoms with Crippen molar-refractivity contribution >= 4 is 5.97 Å². The van der Waals surface area contributed by atoms with Crippen molar-refractivity contribution in [2.24, 2.45) is 0 Å². The van der Waals surface area contributed by atoms with Gasteiger partial charge in [0.1, 0.15) is 23.2 Å². The van der Waals surface area contributed by atoms with E-state index in [9.17, 15) is 14.0 Å². The van der Waals surface area contributed by atoms with Gasteiger partial charge in [-0.25, -0.2) is 19.0 Å². The van der Waals surface area contributed by atoms with Gasteiger partial charge >= 0.3 is 5.97 Å². The van der Waals surface area contributed by atoms with E-state index < -0.39 is 23.4 Å². The Morgan fingerprint density at radius 1 is 1.35 bits per heavy atom. The predicted molar refractivity (Wildman–Crippen MR) is 91.7 cm³/mol. The van der Waals surface area contributed by atoms with Crippen molar-refractivity contribution in [2.45, 2.75) is 26.9 Å². The van der Waals surface area contributed by atoms with E-state index in [0.29, 0.717) is 16.8 Å². The maximum atomic E-state index is 14.4.